The number of amides is 1. The summed E-state index contributed by atoms with van der Waals surface area (Å²) in [6.07, 6.45) is 3.06. The average molecular weight is 587 g/mol. The quantitative estimate of drug-likeness (QED) is 0.212. The molecule has 0 aliphatic heterocycles. The third-order valence-corrected chi connectivity index (χ3v) is 6.72. The Morgan fingerprint density at radius 1 is 1.05 bits per heavy atom. The first-order valence-corrected chi connectivity index (χ1v) is 16.1. The molecule has 2 atom stereocenters. The van der Waals surface area contributed by atoms with Crippen molar-refractivity contribution >= 4 is 31.6 Å². The van der Waals surface area contributed by atoms with E-state index in [4.69, 9.17) is 19.2 Å². The van der Waals surface area contributed by atoms with Gasteiger partial charge in [-0.1, -0.05) is 31.2 Å². The lowest BCUT2D eigenvalue weighted by atomic mass is 10.1. The molecular weight excluding hydrogens is 544 g/mol. The van der Waals surface area contributed by atoms with E-state index in [0.717, 1.165) is 37.8 Å². The number of anilines is 1. The van der Waals surface area contributed by atoms with E-state index in [2.05, 4.69) is 14.9 Å². The first kappa shape index (κ1) is 34.3. The minimum atomic E-state index is -3.51. The van der Waals surface area contributed by atoms with Crippen LogP contribution in [0.25, 0.3) is 0 Å². The van der Waals surface area contributed by atoms with Gasteiger partial charge >= 0.3 is 0 Å². The monoisotopic (exact) mass is 586 g/mol. The van der Waals surface area contributed by atoms with E-state index in [0.29, 0.717) is 36.6 Å². The molecule has 0 saturated heterocycles. The Kier molecular flexibility index (Phi) is 15.0. The van der Waals surface area contributed by atoms with Crippen LogP contribution < -0.4 is 14.8 Å². The highest BCUT2D eigenvalue weighted by molar-refractivity contribution is 7.92. The first-order valence-electron chi connectivity index (χ1n) is 12.5. The number of hydrogen-bond donors (Lipinski definition) is 5. The Morgan fingerprint density at radius 3 is 2.15 bits per heavy atom. The van der Waals surface area contributed by atoms with Gasteiger partial charge in [-0.2, -0.15) is 0 Å². The second-order valence-corrected chi connectivity index (χ2v) is 12.6. The molecule has 2 unspecified atom stereocenters. The number of ether oxygens (including phenoxy) is 1. The van der Waals surface area contributed by atoms with E-state index in [1.54, 1.807) is 36.4 Å². The fourth-order valence-corrected chi connectivity index (χ4v) is 4.44. The van der Waals surface area contributed by atoms with E-state index in [1.165, 1.54) is 6.92 Å². The number of aliphatic hydroxyl groups excluding tert-OH is 1. The summed E-state index contributed by atoms with van der Waals surface area (Å²) in [5.74, 6) is 0.474. The second kappa shape index (κ2) is 17.1. The van der Waals surface area contributed by atoms with Crippen molar-refractivity contribution in [3.63, 3.8) is 0 Å². The lowest BCUT2D eigenvalue weighted by molar-refractivity contribution is -0.119. The Morgan fingerprint density at radius 2 is 1.64 bits per heavy atom. The molecule has 0 aliphatic rings. The van der Waals surface area contributed by atoms with Crippen LogP contribution in [0.5, 0.6) is 5.75 Å². The minimum absolute atomic E-state index is 0.0386. The lowest BCUT2D eigenvalue weighted by Crippen LogP contribution is -2.26. The van der Waals surface area contributed by atoms with Gasteiger partial charge in [0.2, 0.25) is 15.9 Å². The van der Waals surface area contributed by atoms with Crippen molar-refractivity contribution in [1.82, 2.24) is 10.2 Å². The van der Waals surface area contributed by atoms with Crippen LogP contribution >= 0.6 is 0 Å². The zero-order chi connectivity index (χ0) is 29.5. The number of hydrogen-bond acceptors (Lipinski definition) is 8. The molecule has 0 heterocycles. The summed E-state index contributed by atoms with van der Waals surface area (Å²) in [7, 11) is -4.80. The molecule has 220 valence electrons. The molecule has 0 radical (unpaired) electrons. The van der Waals surface area contributed by atoms with Crippen LogP contribution in [0.15, 0.2) is 48.5 Å². The molecule has 2 aromatic carbocycles. The maximum atomic E-state index is 11.2. The summed E-state index contributed by atoms with van der Waals surface area (Å²) in [5, 5.41) is 11.6. The van der Waals surface area contributed by atoms with Crippen LogP contribution in [0.2, 0.25) is 0 Å². The fraction of sp³-hybridized carbons (Fsp3) is 0.500. The third-order valence-electron chi connectivity index (χ3n) is 5.39. The molecule has 2 rings (SSSR count). The highest BCUT2D eigenvalue weighted by atomic mass is 32.2. The van der Waals surface area contributed by atoms with Gasteiger partial charge in [-0.05, 0) is 61.7 Å². The van der Waals surface area contributed by atoms with Gasteiger partial charge in [0.1, 0.15) is 12.4 Å². The Bertz CT molecular complexity index is 1200. The van der Waals surface area contributed by atoms with Crippen molar-refractivity contribution in [2.24, 2.45) is 0 Å². The number of benzene rings is 2. The normalized spacial score (nSPS) is 13.5. The summed E-state index contributed by atoms with van der Waals surface area (Å²) >= 11 is 0. The number of carbonyl (C=O) groups excluding carboxylic acids is 1. The number of nitrogens with zero attached hydrogens (tertiary/aromatic N) is 1. The van der Waals surface area contributed by atoms with Gasteiger partial charge in [-0.3, -0.25) is 9.52 Å². The molecule has 0 aliphatic carbocycles. The number of sulfonamides is 1. The van der Waals surface area contributed by atoms with Crippen LogP contribution in [0, 0.1) is 4.78 Å². The molecule has 0 spiro atoms. The van der Waals surface area contributed by atoms with E-state index in [-0.39, 0.29) is 17.8 Å². The van der Waals surface area contributed by atoms with Crippen LogP contribution in [-0.4, -0.2) is 78.7 Å². The minimum Gasteiger partial charge on any atom is -0.492 e. The van der Waals surface area contributed by atoms with Crippen LogP contribution in [-0.2, 0) is 37.0 Å². The number of likely N-dealkylation sites (N-methyl/N-ethyl adjacent to an activating group) is 1. The van der Waals surface area contributed by atoms with Crippen LogP contribution in [0.4, 0.5) is 5.69 Å². The van der Waals surface area contributed by atoms with E-state index in [1.807, 2.05) is 26.1 Å². The maximum absolute atomic E-state index is 11.2. The fourth-order valence-electron chi connectivity index (χ4n) is 3.23. The van der Waals surface area contributed by atoms with Crippen molar-refractivity contribution in [3.05, 3.63) is 59.7 Å². The molecule has 0 bridgehead atoms. The predicted molar refractivity (Wildman–Crippen MR) is 155 cm³/mol. The molecule has 39 heavy (non-hydrogen) atoms. The van der Waals surface area contributed by atoms with Gasteiger partial charge in [0.15, 0.2) is 10.0 Å². The largest absolute Gasteiger partial charge is 0.492 e. The SMILES string of the molecule is CCC(O)CCNC(C)=O.CN(CCOc1ccc(NS(C)(=O)=O)cc1)CCc1ccc(CS(=N)(=O)O)cc1. The highest BCUT2D eigenvalue weighted by Gasteiger charge is 2.05. The van der Waals surface area contributed by atoms with E-state index in [9.17, 15) is 17.4 Å². The molecule has 0 fully saturated rings. The summed E-state index contributed by atoms with van der Waals surface area (Å²) in [6, 6.07) is 14.1. The molecule has 11 nitrogen and oxygen atoms in total. The van der Waals surface area contributed by atoms with Crippen molar-refractivity contribution < 1.29 is 31.8 Å². The van der Waals surface area contributed by atoms with Gasteiger partial charge in [0.05, 0.1) is 18.1 Å². The molecule has 1 amide bonds. The standard InChI is InChI=1S/C19H27N3O5S2.C7H15NO2/c1-22(12-11-16-3-5-17(6-4-16)15-29(20,25)26)13-14-27-19-9-7-18(8-10-19)21-28(2,23)24;1-3-7(10)4-5-8-6(2)9/h3-10,21H,11-15H2,1-2H3,(H2,20,25,26);7,10H,3-5H2,1-2H3,(H,8,9). The maximum Gasteiger partial charge on any atom is 0.229 e. The van der Waals surface area contributed by atoms with Crippen molar-refractivity contribution in [2.75, 3.05) is 44.3 Å². The topological polar surface area (TPSA) is 169 Å². The summed E-state index contributed by atoms with van der Waals surface area (Å²) < 4.78 is 57.7. The van der Waals surface area contributed by atoms with Crippen LogP contribution in [0.1, 0.15) is 37.8 Å². The van der Waals surface area contributed by atoms with Gasteiger partial charge in [0.25, 0.3) is 0 Å². The smallest absolute Gasteiger partial charge is 0.229 e. The van der Waals surface area contributed by atoms with E-state index < -0.39 is 20.0 Å². The Hall–Kier alpha value is -2.71. The molecule has 0 aromatic heterocycles. The first-order chi connectivity index (χ1) is 18.2. The number of aliphatic hydroxyl groups is 1. The van der Waals surface area contributed by atoms with Crippen molar-refractivity contribution in [1.29, 1.82) is 4.78 Å². The third kappa shape index (κ3) is 18.3. The predicted octanol–water partition coefficient (Wildman–Crippen LogP) is 2.91. The summed E-state index contributed by atoms with van der Waals surface area (Å²) in [5.41, 5.74) is 2.28. The highest BCUT2D eigenvalue weighted by Crippen LogP contribution is 2.16. The van der Waals surface area contributed by atoms with Gasteiger partial charge < -0.3 is 24.6 Å². The Balaban J connectivity index is 0.000000646. The summed E-state index contributed by atoms with van der Waals surface area (Å²) in [4.78, 5) is 12.5. The zero-order valence-electron chi connectivity index (χ0n) is 23.1. The van der Waals surface area contributed by atoms with Crippen molar-refractivity contribution in [2.45, 2.75) is 45.0 Å². The Labute approximate surface area is 232 Å². The van der Waals surface area contributed by atoms with Gasteiger partial charge in [-0.25, -0.2) is 17.4 Å². The molecule has 13 heteroatoms. The summed E-state index contributed by atoms with van der Waals surface area (Å²) in [6.45, 7) is 6.02. The van der Waals surface area contributed by atoms with E-state index >= 15 is 0 Å². The van der Waals surface area contributed by atoms with Gasteiger partial charge in [-0.15, -0.1) is 0 Å². The van der Waals surface area contributed by atoms with Crippen molar-refractivity contribution in [3.8, 4) is 5.75 Å². The number of carbonyl (C=O) groups is 1. The molecular formula is C26H42N4O7S2. The number of nitrogens with one attached hydrogen (secondary N) is 3. The zero-order valence-corrected chi connectivity index (χ0v) is 24.7. The lowest BCUT2D eigenvalue weighted by Gasteiger charge is -2.17. The average Bonchev–Trinajstić information content (AvgIpc) is 2.83. The molecule has 0 saturated carbocycles. The van der Waals surface area contributed by atoms with Crippen LogP contribution in [0.3, 0.4) is 0 Å². The second-order valence-electron chi connectivity index (χ2n) is 9.24. The molecule has 2 aromatic rings. The number of rotatable bonds is 15. The molecule has 5 N–H and O–H groups in total. The van der Waals surface area contributed by atoms with Gasteiger partial charge in [0, 0.05) is 32.2 Å².